The summed E-state index contributed by atoms with van der Waals surface area (Å²) in [5.74, 6) is 0.213. The Morgan fingerprint density at radius 3 is 1.32 bits per heavy atom. The Morgan fingerprint density at radius 2 is 0.941 bits per heavy atom. The fourth-order valence-corrected chi connectivity index (χ4v) is 5.61. The van der Waals surface area contributed by atoms with Crippen molar-refractivity contribution in [1.82, 2.24) is 0 Å². The van der Waals surface area contributed by atoms with Gasteiger partial charge in [0.1, 0.15) is 0 Å². The second-order valence-electron chi connectivity index (χ2n) is 11.4. The average molecular weight is 481 g/mol. The Balaban J connectivity index is 3.68. The van der Waals surface area contributed by atoms with E-state index in [0.717, 1.165) is 12.8 Å². The lowest BCUT2D eigenvalue weighted by Crippen LogP contribution is -2.25. The van der Waals surface area contributed by atoms with E-state index in [9.17, 15) is 9.90 Å². The van der Waals surface area contributed by atoms with Gasteiger partial charge in [-0.3, -0.25) is 4.79 Å². The van der Waals surface area contributed by atoms with Crippen molar-refractivity contribution in [3.05, 3.63) is 0 Å². The van der Waals surface area contributed by atoms with Gasteiger partial charge in [0.2, 0.25) is 0 Å². The van der Waals surface area contributed by atoms with Crippen LogP contribution in [0, 0.1) is 17.8 Å². The van der Waals surface area contributed by atoms with Crippen LogP contribution in [0.2, 0.25) is 0 Å². The third kappa shape index (κ3) is 20.8. The molecule has 204 valence electrons. The number of aliphatic carboxylic acids is 1. The van der Waals surface area contributed by atoms with Crippen molar-refractivity contribution in [2.24, 2.45) is 17.8 Å². The minimum atomic E-state index is -0.558. The van der Waals surface area contributed by atoms with E-state index in [0.29, 0.717) is 11.8 Å². The summed E-state index contributed by atoms with van der Waals surface area (Å²) in [6.45, 7) is 8.94. The first kappa shape index (κ1) is 33.5. The number of carboxylic acids is 1. The van der Waals surface area contributed by atoms with Crippen LogP contribution < -0.4 is 0 Å². The van der Waals surface area contributed by atoms with Crippen LogP contribution in [0.25, 0.3) is 0 Å². The molecule has 0 spiro atoms. The van der Waals surface area contributed by atoms with Crippen LogP contribution >= 0.6 is 0 Å². The van der Waals surface area contributed by atoms with Crippen LogP contribution in [0.15, 0.2) is 0 Å². The molecule has 0 saturated heterocycles. The van der Waals surface area contributed by atoms with Gasteiger partial charge in [0.15, 0.2) is 0 Å². The molecular weight excluding hydrogens is 416 g/mol. The first-order valence-electron chi connectivity index (χ1n) is 15.8. The fraction of sp³-hybridized carbons (Fsp3) is 0.969. The molecule has 0 bridgehead atoms. The summed E-state index contributed by atoms with van der Waals surface area (Å²) in [4.78, 5) is 11.9. The van der Waals surface area contributed by atoms with E-state index in [1.165, 1.54) is 141 Å². The van der Waals surface area contributed by atoms with E-state index in [1.54, 1.807) is 0 Å². The SMILES string of the molecule is CCCCCCCCCCCCCCCCCCCC(C)C(CC(CCC)CCCC)C(=O)O. The lowest BCUT2D eigenvalue weighted by molar-refractivity contribution is -0.144. The highest BCUT2D eigenvalue weighted by Crippen LogP contribution is 2.30. The molecule has 0 aromatic carbocycles. The van der Waals surface area contributed by atoms with Crippen molar-refractivity contribution in [1.29, 1.82) is 0 Å². The number of unbranched alkanes of at least 4 members (excludes halogenated alkanes) is 17. The second kappa shape index (κ2) is 25.6. The zero-order valence-corrected chi connectivity index (χ0v) is 24.1. The van der Waals surface area contributed by atoms with E-state index in [1.807, 2.05) is 0 Å². The van der Waals surface area contributed by atoms with Gasteiger partial charge < -0.3 is 5.11 Å². The number of carbonyl (C=O) groups is 1. The summed E-state index contributed by atoms with van der Waals surface area (Å²) in [5, 5.41) is 9.83. The Hall–Kier alpha value is -0.530. The van der Waals surface area contributed by atoms with Gasteiger partial charge in [-0.1, -0.05) is 169 Å². The largest absolute Gasteiger partial charge is 0.481 e. The normalized spacial score (nSPS) is 14.2. The van der Waals surface area contributed by atoms with E-state index in [2.05, 4.69) is 27.7 Å². The quantitative estimate of drug-likeness (QED) is 0.119. The van der Waals surface area contributed by atoms with Crippen molar-refractivity contribution in [2.75, 3.05) is 0 Å². The van der Waals surface area contributed by atoms with Crippen LogP contribution in [0.4, 0.5) is 0 Å². The maximum absolute atomic E-state index is 11.9. The molecule has 3 atom stereocenters. The molecule has 2 nitrogen and oxygen atoms in total. The summed E-state index contributed by atoms with van der Waals surface area (Å²) in [6.07, 6.45) is 31.7. The molecule has 0 fully saturated rings. The van der Waals surface area contributed by atoms with E-state index in [4.69, 9.17) is 0 Å². The summed E-state index contributed by atoms with van der Waals surface area (Å²) in [7, 11) is 0. The Kier molecular flexibility index (Phi) is 25.2. The number of rotatable bonds is 27. The zero-order chi connectivity index (χ0) is 25.3. The first-order chi connectivity index (χ1) is 16.6. The minimum absolute atomic E-state index is 0.144. The fourth-order valence-electron chi connectivity index (χ4n) is 5.61. The third-order valence-electron chi connectivity index (χ3n) is 8.02. The smallest absolute Gasteiger partial charge is 0.306 e. The summed E-state index contributed by atoms with van der Waals surface area (Å²) >= 11 is 0. The molecule has 0 aliphatic rings. The highest BCUT2D eigenvalue weighted by atomic mass is 16.4. The highest BCUT2D eigenvalue weighted by Gasteiger charge is 2.27. The Labute approximate surface area is 215 Å². The van der Waals surface area contributed by atoms with Crippen molar-refractivity contribution in [3.63, 3.8) is 0 Å². The lowest BCUT2D eigenvalue weighted by Gasteiger charge is -2.25. The van der Waals surface area contributed by atoms with Gasteiger partial charge in [0, 0.05) is 0 Å². The van der Waals surface area contributed by atoms with E-state index in [-0.39, 0.29) is 5.92 Å². The molecule has 0 aromatic rings. The van der Waals surface area contributed by atoms with Crippen molar-refractivity contribution >= 4 is 5.97 Å². The molecule has 0 heterocycles. The topological polar surface area (TPSA) is 37.3 Å². The lowest BCUT2D eigenvalue weighted by atomic mass is 9.80. The van der Waals surface area contributed by atoms with Gasteiger partial charge in [-0.2, -0.15) is 0 Å². The zero-order valence-electron chi connectivity index (χ0n) is 24.1. The molecule has 1 N–H and O–H groups in total. The van der Waals surface area contributed by atoms with E-state index < -0.39 is 5.97 Å². The number of carboxylic acid groups (broad SMARTS) is 1. The maximum Gasteiger partial charge on any atom is 0.306 e. The van der Waals surface area contributed by atoms with Gasteiger partial charge in [-0.15, -0.1) is 0 Å². The number of hydrogen-bond acceptors (Lipinski definition) is 1. The molecule has 0 aliphatic carbocycles. The van der Waals surface area contributed by atoms with Crippen molar-refractivity contribution in [3.8, 4) is 0 Å². The van der Waals surface area contributed by atoms with Crippen LogP contribution in [0.5, 0.6) is 0 Å². The standard InChI is InChI=1S/C32H64O2/c1-5-8-10-11-12-13-14-15-16-17-18-19-20-21-22-23-24-26-29(4)31(32(33)34)28-30(25-7-3)27-9-6-2/h29-31H,5-28H2,1-4H3,(H,33,34). The Morgan fingerprint density at radius 1 is 0.529 bits per heavy atom. The van der Waals surface area contributed by atoms with Gasteiger partial charge in [0.25, 0.3) is 0 Å². The summed E-state index contributed by atoms with van der Waals surface area (Å²) in [5.41, 5.74) is 0. The predicted octanol–water partition coefficient (Wildman–Crippen LogP) is 11.4. The molecular formula is C32H64O2. The second-order valence-corrected chi connectivity index (χ2v) is 11.4. The molecule has 0 aromatic heterocycles. The summed E-state index contributed by atoms with van der Waals surface area (Å²) < 4.78 is 0. The molecule has 0 saturated carbocycles. The molecule has 0 rings (SSSR count). The molecule has 34 heavy (non-hydrogen) atoms. The highest BCUT2D eigenvalue weighted by molar-refractivity contribution is 5.70. The van der Waals surface area contributed by atoms with Gasteiger partial charge in [-0.25, -0.2) is 0 Å². The van der Waals surface area contributed by atoms with Crippen LogP contribution in [0.1, 0.15) is 182 Å². The molecule has 0 aliphatic heterocycles. The van der Waals surface area contributed by atoms with Crippen LogP contribution in [-0.4, -0.2) is 11.1 Å². The van der Waals surface area contributed by atoms with Gasteiger partial charge in [-0.05, 0) is 24.7 Å². The average Bonchev–Trinajstić information content (AvgIpc) is 2.82. The third-order valence-corrected chi connectivity index (χ3v) is 8.02. The van der Waals surface area contributed by atoms with Crippen LogP contribution in [-0.2, 0) is 4.79 Å². The van der Waals surface area contributed by atoms with Crippen molar-refractivity contribution < 1.29 is 9.90 Å². The Bertz CT molecular complexity index is 419. The monoisotopic (exact) mass is 480 g/mol. The van der Waals surface area contributed by atoms with Crippen LogP contribution in [0.3, 0.4) is 0 Å². The molecule has 0 radical (unpaired) electrons. The predicted molar refractivity (Wildman–Crippen MR) is 152 cm³/mol. The molecule has 3 unspecified atom stereocenters. The van der Waals surface area contributed by atoms with Gasteiger partial charge >= 0.3 is 5.97 Å². The first-order valence-corrected chi connectivity index (χ1v) is 15.8. The van der Waals surface area contributed by atoms with Crippen molar-refractivity contribution in [2.45, 2.75) is 182 Å². The maximum atomic E-state index is 11.9. The molecule has 0 amide bonds. The summed E-state index contributed by atoms with van der Waals surface area (Å²) in [6, 6.07) is 0. The van der Waals surface area contributed by atoms with Gasteiger partial charge in [0.05, 0.1) is 5.92 Å². The van der Waals surface area contributed by atoms with E-state index >= 15 is 0 Å². The molecule has 2 heteroatoms. The minimum Gasteiger partial charge on any atom is -0.481 e. The number of hydrogen-bond donors (Lipinski definition) is 1.